The van der Waals surface area contributed by atoms with E-state index in [1.165, 1.54) is 25.1 Å². The van der Waals surface area contributed by atoms with Gasteiger partial charge in [0.25, 0.3) is 0 Å². The highest BCUT2D eigenvalue weighted by Gasteiger charge is 2.33. The van der Waals surface area contributed by atoms with Gasteiger partial charge in [0.1, 0.15) is 18.4 Å². The normalized spacial score (nSPS) is 15.4. The van der Waals surface area contributed by atoms with E-state index in [9.17, 15) is 22.4 Å². The van der Waals surface area contributed by atoms with Gasteiger partial charge in [0.2, 0.25) is 11.8 Å². The molecule has 0 radical (unpaired) electrons. The van der Waals surface area contributed by atoms with E-state index in [1.807, 2.05) is 0 Å². The van der Waals surface area contributed by atoms with E-state index >= 15 is 0 Å². The molecule has 0 saturated heterocycles. The molecule has 10 heteroatoms. The van der Waals surface area contributed by atoms with Crippen molar-refractivity contribution in [3.05, 3.63) is 66.0 Å². The number of amides is 2. The summed E-state index contributed by atoms with van der Waals surface area (Å²) in [5.41, 5.74) is 0.551. The van der Waals surface area contributed by atoms with Crippen LogP contribution in [0.25, 0.3) is 0 Å². The van der Waals surface area contributed by atoms with E-state index in [-0.39, 0.29) is 24.1 Å². The molecular weight excluding hydrogens is 483 g/mol. The van der Waals surface area contributed by atoms with Crippen LogP contribution in [0.3, 0.4) is 0 Å². The predicted octanol–water partition coefficient (Wildman–Crippen LogP) is 3.30. The minimum atomic E-state index is -4.03. The largest absolute Gasteiger partial charge is 0.352 e. The van der Waals surface area contributed by atoms with Crippen molar-refractivity contribution in [3.63, 3.8) is 0 Å². The van der Waals surface area contributed by atoms with Crippen molar-refractivity contribution in [1.29, 1.82) is 0 Å². The summed E-state index contributed by atoms with van der Waals surface area (Å²) in [6.45, 7) is 0.875. The SMILES string of the molecule is C[C@H](C(=O)NC1CCCCC1)N(Cc1ccccc1F)C(=O)CN(c1ccccc1)S(=O)(=O)N(C)C. The Labute approximate surface area is 213 Å². The minimum Gasteiger partial charge on any atom is -0.352 e. The molecule has 0 bridgehead atoms. The van der Waals surface area contributed by atoms with Crippen molar-refractivity contribution in [2.45, 2.75) is 57.7 Å². The molecule has 0 unspecified atom stereocenters. The van der Waals surface area contributed by atoms with Crippen LogP contribution in [0, 0.1) is 5.82 Å². The zero-order valence-corrected chi connectivity index (χ0v) is 21.9. The first-order valence-corrected chi connectivity index (χ1v) is 13.6. The maximum atomic E-state index is 14.5. The van der Waals surface area contributed by atoms with Gasteiger partial charge >= 0.3 is 10.2 Å². The average Bonchev–Trinajstić information content (AvgIpc) is 2.87. The van der Waals surface area contributed by atoms with Crippen LogP contribution in [0.5, 0.6) is 0 Å². The molecule has 1 aliphatic carbocycles. The van der Waals surface area contributed by atoms with Gasteiger partial charge in [0.15, 0.2) is 0 Å². The Morgan fingerprint density at radius 1 is 1.00 bits per heavy atom. The molecule has 8 nitrogen and oxygen atoms in total. The number of rotatable bonds is 10. The topological polar surface area (TPSA) is 90.0 Å². The lowest BCUT2D eigenvalue weighted by Gasteiger charge is -2.34. The van der Waals surface area contributed by atoms with Gasteiger partial charge in [0, 0.05) is 32.2 Å². The van der Waals surface area contributed by atoms with Crippen LogP contribution in [0.4, 0.5) is 10.1 Å². The van der Waals surface area contributed by atoms with E-state index in [4.69, 9.17) is 0 Å². The highest BCUT2D eigenvalue weighted by molar-refractivity contribution is 7.90. The first-order valence-electron chi connectivity index (χ1n) is 12.2. The molecule has 1 saturated carbocycles. The van der Waals surface area contributed by atoms with Gasteiger partial charge in [-0.2, -0.15) is 12.7 Å². The lowest BCUT2D eigenvalue weighted by Crippen LogP contribution is -2.53. The Balaban J connectivity index is 1.90. The third-order valence-electron chi connectivity index (χ3n) is 6.48. The molecule has 2 aromatic carbocycles. The number of hydrogen-bond donors (Lipinski definition) is 1. The quantitative estimate of drug-likeness (QED) is 0.523. The lowest BCUT2D eigenvalue weighted by molar-refractivity contribution is -0.139. The Hall–Kier alpha value is -2.98. The van der Waals surface area contributed by atoms with Crippen molar-refractivity contribution < 1.29 is 22.4 Å². The molecule has 1 aliphatic rings. The monoisotopic (exact) mass is 518 g/mol. The molecule has 0 aliphatic heterocycles. The highest BCUT2D eigenvalue weighted by atomic mass is 32.2. The number of carbonyl (C=O) groups excluding carboxylic acids is 2. The summed E-state index contributed by atoms with van der Waals surface area (Å²) in [6.07, 6.45) is 4.96. The average molecular weight is 519 g/mol. The standard InChI is InChI=1S/C26H35FN4O4S/c1-20(26(33)28-22-13-6-4-7-14-22)30(18-21-12-10-11-17-24(21)27)25(32)19-31(36(34,35)29(2)3)23-15-8-5-9-16-23/h5,8-12,15-17,20,22H,4,6-7,13-14,18-19H2,1-3H3,(H,28,33)/t20-/m1/s1. The molecule has 1 atom stereocenters. The van der Waals surface area contributed by atoms with Crippen molar-refractivity contribution in [2.75, 3.05) is 24.9 Å². The number of para-hydroxylation sites is 1. The van der Waals surface area contributed by atoms with E-state index in [1.54, 1.807) is 55.5 Å². The number of nitrogens with one attached hydrogen (secondary N) is 1. The van der Waals surface area contributed by atoms with E-state index < -0.39 is 34.5 Å². The van der Waals surface area contributed by atoms with Gasteiger partial charge in [0.05, 0.1) is 5.69 Å². The van der Waals surface area contributed by atoms with Crippen LogP contribution in [-0.2, 0) is 26.3 Å². The maximum absolute atomic E-state index is 14.5. The summed E-state index contributed by atoms with van der Waals surface area (Å²) in [5.74, 6) is -1.46. The molecule has 3 rings (SSSR count). The van der Waals surface area contributed by atoms with Crippen LogP contribution < -0.4 is 9.62 Å². The summed E-state index contributed by atoms with van der Waals surface area (Å²) < 4.78 is 42.8. The van der Waals surface area contributed by atoms with Gasteiger partial charge in [-0.25, -0.2) is 8.70 Å². The van der Waals surface area contributed by atoms with Crippen LogP contribution in [0.2, 0.25) is 0 Å². The van der Waals surface area contributed by atoms with Crippen LogP contribution in [0.15, 0.2) is 54.6 Å². The predicted molar refractivity (Wildman–Crippen MR) is 138 cm³/mol. The van der Waals surface area contributed by atoms with Crippen molar-refractivity contribution in [2.24, 2.45) is 0 Å². The summed E-state index contributed by atoms with van der Waals surface area (Å²) >= 11 is 0. The fourth-order valence-electron chi connectivity index (χ4n) is 4.27. The minimum absolute atomic E-state index is 0.0362. The number of anilines is 1. The van der Waals surface area contributed by atoms with Gasteiger partial charge in [-0.3, -0.25) is 9.59 Å². The fourth-order valence-corrected chi connectivity index (χ4v) is 5.33. The van der Waals surface area contributed by atoms with Crippen molar-refractivity contribution >= 4 is 27.7 Å². The highest BCUT2D eigenvalue weighted by Crippen LogP contribution is 2.22. The van der Waals surface area contributed by atoms with Crippen LogP contribution in [-0.4, -0.2) is 62.2 Å². The second kappa shape index (κ2) is 12.3. The second-order valence-corrected chi connectivity index (χ2v) is 11.3. The summed E-state index contributed by atoms with van der Waals surface area (Å²) in [4.78, 5) is 28.1. The first-order chi connectivity index (χ1) is 17.1. The number of carbonyl (C=O) groups is 2. The smallest absolute Gasteiger partial charge is 0.304 e. The number of halogens is 1. The molecule has 0 aromatic heterocycles. The molecule has 36 heavy (non-hydrogen) atoms. The lowest BCUT2D eigenvalue weighted by atomic mass is 9.95. The Morgan fingerprint density at radius 2 is 1.61 bits per heavy atom. The Morgan fingerprint density at radius 3 is 2.22 bits per heavy atom. The van der Waals surface area contributed by atoms with Gasteiger partial charge in [-0.15, -0.1) is 0 Å². The Bertz CT molecular complexity index is 1140. The zero-order chi connectivity index (χ0) is 26.3. The van der Waals surface area contributed by atoms with Crippen LogP contribution in [0.1, 0.15) is 44.6 Å². The Kier molecular flexibility index (Phi) is 9.44. The molecule has 196 valence electrons. The van der Waals surface area contributed by atoms with E-state index in [2.05, 4.69) is 5.32 Å². The zero-order valence-electron chi connectivity index (χ0n) is 21.1. The van der Waals surface area contributed by atoms with Gasteiger partial charge in [-0.1, -0.05) is 55.7 Å². The van der Waals surface area contributed by atoms with Crippen molar-refractivity contribution in [3.8, 4) is 0 Å². The third kappa shape index (κ3) is 6.82. The third-order valence-corrected chi connectivity index (χ3v) is 8.30. The molecule has 0 spiro atoms. The summed E-state index contributed by atoms with van der Waals surface area (Å²) in [5, 5.41) is 3.02. The molecular formula is C26H35FN4O4S. The molecule has 2 amide bonds. The fraction of sp³-hybridized carbons (Fsp3) is 0.462. The second-order valence-electron chi connectivity index (χ2n) is 9.26. The number of hydrogen-bond acceptors (Lipinski definition) is 4. The summed E-state index contributed by atoms with van der Waals surface area (Å²) in [6, 6.07) is 13.4. The number of benzene rings is 2. The molecule has 2 aromatic rings. The molecule has 0 heterocycles. The van der Waals surface area contributed by atoms with Crippen LogP contribution >= 0.6 is 0 Å². The summed E-state index contributed by atoms with van der Waals surface area (Å²) in [7, 11) is -1.26. The van der Waals surface area contributed by atoms with Gasteiger partial charge < -0.3 is 10.2 Å². The molecule has 1 N–H and O–H groups in total. The maximum Gasteiger partial charge on any atom is 0.304 e. The number of nitrogens with zero attached hydrogens (tertiary/aromatic N) is 3. The van der Waals surface area contributed by atoms with E-state index in [0.29, 0.717) is 5.69 Å². The first kappa shape index (κ1) is 27.6. The van der Waals surface area contributed by atoms with Gasteiger partial charge in [-0.05, 0) is 38.0 Å². The molecule has 1 fully saturated rings. The van der Waals surface area contributed by atoms with Crippen molar-refractivity contribution in [1.82, 2.24) is 14.5 Å². The van der Waals surface area contributed by atoms with E-state index in [0.717, 1.165) is 40.7 Å².